The largest absolute Gasteiger partial charge is 0.463 e. The predicted octanol–water partition coefficient (Wildman–Crippen LogP) is 1.47. The van der Waals surface area contributed by atoms with Crippen LogP contribution in [-0.2, 0) is 9.47 Å². The number of carbonyl (C=O) groups excluding carboxylic acids is 1. The van der Waals surface area contributed by atoms with Crippen molar-refractivity contribution in [3.63, 3.8) is 0 Å². The van der Waals surface area contributed by atoms with E-state index in [-0.39, 0.29) is 17.4 Å². The Bertz CT molecular complexity index is 1330. The third-order valence-corrected chi connectivity index (χ3v) is 6.46. The first-order valence-electron chi connectivity index (χ1n) is 11.8. The average Bonchev–Trinajstić information content (AvgIpc) is 3.49. The van der Waals surface area contributed by atoms with Crippen molar-refractivity contribution in [2.24, 2.45) is 0 Å². The van der Waals surface area contributed by atoms with Crippen LogP contribution in [0.5, 0.6) is 0 Å². The molecular formula is C26H27N5O6. The highest BCUT2D eigenvalue weighted by Crippen LogP contribution is 2.33. The van der Waals surface area contributed by atoms with Crippen molar-refractivity contribution in [3.8, 4) is 0 Å². The molecule has 0 bridgehead atoms. The number of aromatic nitrogens is 4. The zero-order valence-corrected chi connectivity index (χ0v) is 20.0. The average molecular weight is 506 g/mol. The molecule has 192 valence electrons. The molecule has 0 aliphatic carbocycles. The second kappa shape index (κ2) is 10.6. The third kappa shape index (κ3) is 4.77. The van der Waals surface area contributed by atoms with Crippen LogP contribution in [0.25, 0.3) is 11.2 Å². The molecule has 37 heavy (non-hydrogen) atoms. The highest BCUT2D eigenvalue weighted by Gasteiger charge is 2.44. The number of esters is 1. The number of imidazole rings is 1. The van der Waals surface area contributed by atoms with E-state index >= 15 is 0 Å². The van der Waals surface area contributed by atoms with Crippen LogP contribution in [0.15, 0.2) is 67.0 Å². The maximum absolute atomic E-state index is 12.4. The quantitative estimate of drug-likeness (QED) is 0.259. The lowest BCUT2D eigenvalue weighted by atomic mass is 9.91. The molecule has 0 spiro atoms. The summed E-state index contributed by atoms with van der Waals surface area (Å²) in [5.41, 5.74) is 2.72. The maximum Gasteiger partial charge on any atom is 0.376 e. The summed E-state index contributed by atoms with van der Waals surface area (Å²) < 4.78 is 11.9. The lowest BCUT2D eigenvalue weighted by Gasteiger charge is -2.20. The lowest BCUT2D eigenvalue weighted by Crippen LogP contribution is -2.33. The van der Waals surface area contributed by atoms with Crippen molar-refractivity contribution in [2.45, 2.75) is 30.5 Å². The lowest BCUT2D eigenvalue weighted by molar-refractivity contribution is -0.0511. The van der Waals surface area contributed by atoms with Gasteiger partial charge in [-0.3, -0.25) is 4.57 Å². The molecule has 3 heterocycles. The number of nitrogens with zero attached hydrogens (tertiary/aromatic N) is 4. The molecule has 11 nitrogen and oxygen atoms in total. The van der Waals surface area contributed by atoms with E-state index in [0.717, 1.165) is 11.1 Å². The van der Waals surface area contributed by atoms with Crippen molar-refractivity contribution in [1.29, 1.82) is 0 Å². The van der Waals surface area contributed by atoms with Gasteiger partial charge in [-0.15, -0.1) is 0 Å². The number of benzene rings is 2. The van der Waals surface area contributed by atoms with Gasteiger partial charge in [-0.25, -0.2) is 19.7 Å². The minimum absolute atomic E-state index is 0.0310. The molecule has 4 N–H and O–H groups in total. The van der Waals surface area contributed by atoms with E-state index in [2.05, 4.69) is 20.3 Å². The van der Waals surface area contributed by atoms with Crippen LogP contribution >= 0.6 is 0 Å². The molecule has 1 saturated heterocycles. The molecule has 1 fully saturated rings. The van der Waals surface area contributed by atoms with Gasteiger partial charge < -0.3 is 30.1 Å². The predicted molar refractivity (Wildman–Crippen MR) is 133 cm³/mol. The summed E-state index contributed by atoms with van der Waals surface area (Å²) in [6.45, 7) is -0.0433. The number of ether oxygens (including phenoxy) is 2. The van der Waals surface area contributed by atoms with Crippen LogP contribution in [0.2, 0.25) is 0 Å². The minimum atomic E-state index is -1.34. The number of nitrogens with one attached hydrogen (secondary N) is 1. The first-order chi connectivity index (χ1) is 18.0. The molecule has 1 aliphatic rings. The highest BCUT2D eigenvalue weighted by atomic mass is 16.6. The number of methoxy groups -OCH3 is 1. The van der Waals surface area contributed by atoms with Crippen LogP contribution in [0.4, 0.5) is 5.82 Å². The summed E-state index contributed by atoms with van der Waals surface area (Å²) in [5.74, 6) is -0.687. The van der Waals surface area contributed by atoms with Crippen molar-refractivity contribution in [3.05, 3.63) is 83.9 Å². The molecule has 11 heteroatoms. The standard InChI is InChI=1S/C26H27N5O6/c1-36-26(35)23-29-22(27-12-17(15-8-4-2-5-9-15)16-10-6-3-7-11-16)19-24(30-23)31(14-28-19)25-21(34)20(33)18(13-32)37-25/h2-11,14,17-18,20-21,25,32-34H,12-13H2,1H3,(H,27,29,30)/t18-,20-,21-,25-/m1/s1. The molecule has 4 aromatic rings. The second-order valence-corrected chi connectivity index (χ2v) is 8.70. The van der Waals surface area contributed by atoms with Crippen molar-refractivity contribution in [2.75, 3.05) is 25.6 Å². The Morgan fingerprint density at radius 3 is 2.27 bits per heavy atom. The monoisotopic (exact) mass is 505 g/mol. The van der Waals surface area contributed by atoms with E-state index in [0.29, 0.717) is 17.9 Å². The van der Waals surface area contributed by atoms with Gasteiger partial charge in [-0.2, -0.15) is 0 Å². The number of rotatable bonds is 8. The molecule has 0 saturated carbocycles. The summed E-state index contributed by atoms with van der Waals surface area (Å²) in [6.07, 6.45) is -3.31. The fourth-order valence-corrected chi connectivity index (χ4v) is 4.52. The van der Waals surface area contributed by atoms with Gasteiger partial charge in [-0.1, -0.05) is 60.7 Å². The first kappa shape index (κ1) is 24.8. The number of hydrogen-bond donors (Lipinski definition) is 4. The fraction of sp³-hybridized carbons (Fsp3) is 0.308. The second-order valence-electron chi connectivity index (χ2n) is 8.70. The van der Waals surface area contributed by atoms with Gasteiger partial charge in [0.25, 0.3) is 0 Å². The van der Waals surface area contributed by atoms with Crippen LogP contribution < -0.4 is 5.32 Å². The summed E-state index contributed by atoms with van der Waals surface area (Å²) in [4.78, 5) is 25.5. The van der Waals surface area contributed by atoms with E-state index in [1.54, 1.807) is 0 Å². The van der Waals surface area contributed by atoms with Gasteiger partial charge in [0.2, 0.25) is 5.82 Å². The molecule has 0 amide bonds. The number of anilines is 1. The van der Waals surface area contributed by atoms with Crippen molar-refractivity contribution < 1.29 is 29.6 Å². The first-order valence-corrected chi connectivity index (χ1v) is 11.8. The molecule has 1 aliphatic heterocycles. The van der Waals surface area contributed by atoms with Gasteiger partial charge in [0.05, 0.1) is 20.0 Å². The van der Waals surface area contributed by atoms with Gasteiger partial charge in [0.15, 0.2) is 23.2 Å². The summed E-state index contributed by atoms with van der Waals surface area (Å²) in [7, 11) is 1.23. The number of hydrogen-bond acceptors (Lipinski definition) is 10. The van der Waals surface area contributed by atoms with E-state index in [1.807, 2.05) is 60.7 Å². The Kier molecular flexibility index (Phi) is 7.10. The van der Waals surface area contributed by atoms with E-state index in [9.17, 15) is 20.1 Å². The highest BCUT2D eigenvalue weighted by molar-refractivity contribution is 5.91. The number of carbonyl (C=O) groups is 1. The summed E-state index contributed by atoms with van der Waals surface area (Å²) in [5, 5.41) is 33.5. The van der Waals surface area contributed by atoms with Crippen molar-refractivity contribution in [1.82, 2.24) is 19.5 Å². The number of fused-ring (bicyclic) bond motifs is 1. The minimum Gasteiger partial charge on any atom is -0.463 e. The van der Waals surface area contributed by atoms with Gasteiger partial charge in [0.1, 0.15) is 18.3 Å². The molecule has 2 aromatic carbocycles. The zero-order valence-electron chi connectivity index (χ0n) is 20.0. The molecule has 0 radical (unpaired) electrons. The molecule has 0 unspecified atom stereocenters. The van der Waals surface area contributed by atoms with Crippen LogP contribution in [0.1, 0.15) is 33.9 Å². The third-order valence-electron chi connectivity index (χ3n) is 6.46. The van der Waals surface area contributed by atoms with E-state index in [4.69, 9.17) is 9.47 Å². The SMILES string of the molecule is COC(=O)c1nc(NCC(c2ccccc2)c2ccccc2)c2ncn([C@@H]3O[C@H](CO)[C@@H](O)[C@H]3O)c2n1. The smallest absolute Gasteiger partial charge is 0.376 e. The summed E-state index contributed by atoms with van der Waals surface area (Å²) >= 11 is 0. The maximum atomic E-state index is 12.4. The van der Waals surface area contributed by atoms with Crippen LogP contribution in [-0.4, -0.2) is 79.4 Å². The van der Waals surface area contributed by atoms with Gasteiger partial charge >= 0.3 is 5.97 Å². The van der Waals surface area contributed by atoms with Crippen molar-refractivity contribution >= 4 is 23.0 Å². The topological polar surface area (TPSA) is 152 Å². The van der Waals surface area contributed by atoms with E-state index in [1.165, 1.54) is 18.0 Å². The number of aliphatic hydroxyl groups excluding tert-OH is 3. The Balaban J connectivity index is 1.53. The van der Waals surface area contributed by atoms with Gasteiger partial charge in [-0.05, 0) is 11.1 Å². The molecule has 5 rings (SSSR count). The molecule has 2 aromatic heterocycles. The number of aliphatic hydroxyl groups is 3. The Hall–Kier alpha value is -3.90. The fourth-order valence-electron chi connectivity index (χ4n) is 4.52. The van der Waals surface area contributed by atoms with Crippen LogP contribution in [0, 0.1) is 0 Å². The Morgan fingerprint density at radius 2 is 1.70 bits per heavy atom. The molecular weight excluding hydrogens is 478 g/mol. The van der Waals surface area contributed by atoms with E-state index < -0.39 is 37.1 Å². The zero-order chi connectivity index (χ0) is 25.9. The normalized spacial score (nSPS) is 21.4. The molecule has 4 atom stereocenters. The van der Waals surface area contributed by atoms with Gasteiger partial charge in [0, 0.05) is 12.5 Å². The Labute approximate surface area is 212 Å². The summed E-state index contributed by atoms with van der Waals surface area (Å²) in [6, 6.07) is 20.0. The Morgan fingerprint density at radius 1 is 1.05 bits per heavy atom. The van der Waals surface area contributed by atoms with Crippen LogP contribution in [0.3, 0.4) is 0 Å².